The Hall–Kier alpha value is -1.71. The van der Waals surface area contributed by atoms with Crippen LogP contribution in [0.2, 0.25) is 0 Å². The molecule has 0 aromatic heterocycles. The summed E-state index contributed by atoms with van der Waals surface area (Å²) in [4.78, 5) is 11.2. The maximum absolute atomic E-state index is 11.2. The first-order chi connectivity index (χ1) is 6.70. The lowest BCUT2D eigenvalue weighted by Gasteiger charge is -2.11. The van der Waals surface area contributed by atoms with Crippen molar-refractivity contribution in [3.8, 4) is 5.75 Å². The molecule has 1 amide bonds. The zero-order valence-electron chi connectivity index (χ0n) is 8.33. The molecule has 0 saturated carbocycles. The number of methoxy groups -OCH3 is 1. The van der Waals surface area contributed by atoms with Crippen LogP contribution in [0.5, 0.6) is 5.75 Å². The molecule has 0 aliphatic heterocycles. The van der Waals surface area contributed by atoms with Crippen LogP contribution in [-0.2, 0) is 0 Å². The average molecular weight is 194 g/mol. The van der Waals surface area contributed by atoms with Gasteiger partial charge in [0.15, 0.2) is 0 Å². The Kier molecular flexibility index (Phi) is 3.34. The second-order valence-electron chi connectivity index (χ2n) is 2.78. The van der Waals surface area contributed by atoms with Crippen LogP contribution >= 0.6 is 0 Å². The molecule has 0 fully saturated rings. The van der Waals surface area contributed by atoms with E-state index in [1.165, 1.54) is 7.11 Å². The van der Waals surface area contributed by atoms with Gasteiger partial charge in [0.2, 0.25) is 0 Å². The van der Waals surface area contributed by atoms with Crippen molar-refractivity contribution in [2.45, 2.75) is 6.92 Å². The Balaban J connectivity index is 3.20. The standard InChI is InChI=1S/C10H14N2O2/c1-3-12-7-5-4-6-8(14-2)9(7)10(11)13/h4-6,12H,3H2,1-2H3,(H2,11,13). The molecule has 76 valence electrons. The highest BCUT2D eigenvalue weighted by molar-refractivity contribution is 6.01. The number of primary amides is 1. The molecule has 0 radical (unpaired) electrons. The van der Waals surface area contributed by atoms with Crippen LogP contribution in [0.4, 0.5) is 5.69 Å². The predicted molar refractivity (Wildman–Crippen MR) is 55.7 cm³/mol. The number of ether oxygens (including phenoxy) is 1. The van der Waals surface area contributed by atoms with E-state index in [0.29, 0.717) is 17.0 Å². The van der Waals surface area contributed by atoms with Crippen molar-refractivity contribution in [1.29, 1.82) is 0 Å². The predicted octanol–water partition coefficient (Wildman–Crippen LogP) is 1.23. The van der Waals surface area contributed by atoms with Gasteiger partial charge in [0, 0.05) is 6.54 Å². The van der Waals surface area contributed by atoms with E-state index < -0.39 is 5.91 Å². The summed E-state index contributed by atoms with van der Waals surface area (Å²) >= 11 is 0. The molecule has 1 aromatic rings. The minimum Gasteiger partial charge on any atom is -0.496 e. The number of hydrogen-bond acceptors (Lipinski definition) is 3. The first-order valence-electron chi connectivity index (χ1n) is 4.41. The fourth-order valence-corrected chi connectivity index (χ4v) is 1.29. The number of carbonyl (C=O) groups excluding carboxylic acids is 1. The summed E-state index contributed by atoms with van der Waals surface area (Å²) in [6.45, 7) is 2.68. The lowest BCUT2D eigenvalue weighted by atomic mass is 10.1. The molecule has 0 spiro atoms. The number of benzene rings is 1. The molecule has 0 saturated heterocycles. The van der Waals surface area contributed by atoms with E-state index in [9.17, 15) is 4.79 Å². The number of nitrogens with two attached hydrogens (primary N) is 1. The Bertz CT molecular complexity index is 337. The van der Waals surface area contributed by atoms with Gasteiger partial charge in [-0.25, -0.2) is 0 Å². The molecule has 0 aliphatic rings. The van der Waals surface area contributed by atoms with E-state index in [1.807, 2.05) is 13.0 Å². The van der Waals surface area contributed by atoms with Crippen molar-refractivity contribution in [1.82, 2.24) is 0 Å². The normalized spacial score (nSPS) is 9.57. The van der Waals surface area contributed by atoms with Gasteiger partial charge in [-0.2, -0.15) is 0 Å². The van der Waals surface area contributed by atoms with Crippen LogP contribution in [0.25, 0.3) is 0 Å². The number of anilines is 1. The fraction of sp³-hybridized carbons (Fsp3) is 0.300. The second kappa shape index (κ2) is 4.50. The summed E-state index contributed by atoms with van der Waals surface area (Å²) in [5.41, 5.74) is 6.37. The molecule has 14 heavy (non-hydrogen) atoms. The molecule has 1 rings (SSSR count). The molecule has 0 bridgehead atoms. The third-order valence-electron chi connectivity index (χ3n) is 1.86. The minimum atomic E-state index is -0.488. The largest absolute Gasteiger partial charge is 0.496 e. The fourth-order valence-electron chi connectivity index (χ4n) is 1.29. The van der Waals surface area contributed by atoms with Crippen molar-refractivity contribution in [2.75, 3.05) is 19.0 Å². The maximum Gasteiger partial charge on any atom is 0.254 e. The van der Waals surface area contributed by atoms with Crippen LogP contribution < -0.4 is 15.8 Å². The summed E-state index contributed by atoms with van der Waals surface area (Å²) in [7, 11) is 1.51. The highest BCUT2D eigenvalue weighted by Crippen LogP contribution is 2.25. The quantitative estimate of drug-likeness (QED) is 0.757. The minimum absolute atomic E-state index is 0.400. The van der Waals surface area contributed by atoms with Crippen LogP contribution in [0, 0.1) is 0 Å². The molecular weight excluding hydrogens is 180 g/mol. The van der Waals surface area contributed by atoms with Crippen LogP contribution in [-0.4, -0.2) is 19.6 Å². The summed E-state index contributed by atoms with van der Waals surface area (Å²) in [6, 6.07) is 5.32. The monoisotopic (exact) mass is 194 g/mol. The molecule has 0 heterocycles. The number of hydrogen-bond donors (Lipinski definition) is 2. The van der Waals surface area contributed by atoms with Crippen LogP contribution in [0.1, 0.15) is 17.3 Å². The van der Waals surface area contributed by atoms with E-state index in [4.69, 9.17) is 10.5 Å². The molecule has 1 aromatic carbocycles. The van der Waals surface area contributed by atoms with E-state index in [1.54, 1.807) is 12.1 Å². The van der Waals surface area contributed by atoms with Crippen LogP contribution in [0.15, 0.2) is 18.2 Å². The highest BCUT2D eigenvalue weighted by Gasteiger charge is 2.13. The van der Waals surface area contributed by atoms with Gasteiger partial charge < -0.3 is 15.8 Å². The SMILES string of the molecule is CCNc1cccc(OC)c1C(N)=O. The van der Waals surface area contributed by atoms with Crippen molar-refractivity contribution in [3.05, 3.63) is 23.8 Å². The van der Waals surface area contributed by atoms with Gasteiger partial charge in [0.25, 0.3) is 5.91 Å². The number of carbonyl (C=O) groups is 1. The number of amides is 1. The zero-order chi connectivity index (χ0) is 10.6. The third kappa shape index (κ3) is 1.96. The van der Waals surface area contributed by atoms with Crippen LogP contribution in [0.3, 0.4) is 0 Å². The topological polar surface area (TPSA) is 64.3 Å². The third-order valence-corrected chi connectivity index (χ3v) is 1.86. The molecule has 4 heteroatoms. The lowest BCUT2D eigenvalue weighted by molar-refractivity contribution is 0.0998. The molecule has 0 unspecified atom stereocenters. The van der Waals surface area contributed by atoms with Gasteiger partial charge in [-0.05, 0) is 19.1 Å². The highest BCUT2D eigenvalue weighted by atomic mass is 16.5. The molecule has 3 N–H and O–H groups in total. The lowest BCUT2D eigenvalue weighted by Crippen LogP contribution is -2.15. The Morgan fingerprint density at radius 2 is 2.29 bits per heavy atom. The number of nitrogens with one attached hydrogen (secondary N) is 1. The van der Waals surface area contributed by atoms with Gasteiger partial charge in [-0.3, -0.25) is 4.79 Å². The van der Waals surface area contributed by atoms with Gasteiger partial charge in [0.05, 0.1) is 12.8 Å². The smallest absolute Gasteiger partial charge is 0.254 e. The van der Waals surface area contributed by atoms with Crippen molar-refractivity contribution in [3.63, 3.8) is 0 Å². The summed E-state index contributed by atoms with van der Waals surface area (Å²) in [5.74, 6) is 0.00866. The van der Waals surface area contributed by atoms with Gasteiger partial charge in [-0.1, -0.05) is 6.07 Å². The molecule has 0 atom stereocenters. The maximum atomic E-state index is 11.2. The van der Waals surface area contributed by atoms with Gasteiger partial charge in [-0.15, -0.1) is 0 Å². The van der Waals surface area contributed by atoms with E-state index >= 15 is 0 Å². The first-order valence-corrected chi connectivity index (χ1v) is 4.41. The van der Waals surface area contributed by atoms with Crippen molar-refractivity contribution in [2.24, 2.45) is 5.73 Å². The summed E-state index contributed by atoms with van der Waals surface area (Å²) in [5, 5.41) is 3.05. The number of rotatable bonds is 4. The van der Waals surface area contributed by atoms with Crippen molar-refractivity contribution < 1.29 is 9.53 Å². The Morgan fingerprint density at radius 3 is 2.79 bits per heavy atom. The summed E-state index contributed by atoms with van der Waals surface area (Å²) in [6.07, 6.45) is 0. The van der Waals surface area contributed by atoms with Crippen molar-refractivity contribution >= 4 is 11.6 Å². The Labute approximate surface area is 83.1 Å². The molecule has 4 nitrogen and oxygen atoms in total. The summed E-state index contributed by atoms with van der Waals surface area (Å²) < 4.78 is 5.05. The molecular formula is C10H14N2O2. The molecule has 0 aliphatic carbocycles. The van der Waals surface area contributed by atoms with Gasteiger partial charge in [0.1, 0.15) is 11.3 Å². The van der Waals surface area contributed by atoms with E-state index in [-0.39, 0.29) is 0 Å². The second-order valence-corrected chi connectivity index (χ2v) is 2.78. The average Bonchev–Trinajstić information content (AvgIpc) is 2.17. The zero-order valence-corrected chi connectivity index (χ0v) is 8.33. The van der Waals surface area contributed by atoms with E-state index in [2.05, 4.69) is 5.32 Å². The first kappa shape index (κ1) is 10.4. The Morgan fingerprint density at radius 1 is 1.57 bits per heavy atom. The van der Waals surface area contributed by atoms with Gasteiger partial charge >= 0.3 is 0 Å². The van der Waals surface area contributed by atoms with E-state index in [0.717, 1.165) is 6.54 Å².